The van der Waals surface area contributed by atoms with Gasteiger partial charge in [-0.2, -0.15) is 5.26 Å². The van der Waals surface area contributed by atoms with Gasteiger partial charge in [0.25, 0.3) is 5.56 Å². The number of hydrogen-bond donors (Lipinski definition) is 0. The summed E-state index contributed by atoms with van der Waals surface area (Å²) in [6.07, 6.45) is 4.44. The Morgan fingerprint density at radius 1 is 1.33 bits per heavy atom. The Hall–Kier alpha value is -2.10. The quantitative estimate of drug-likeness (QED) is 0.441. The van der Waals surface area contributed by atoms with Crippen molar-refractivity contribution in [3.05, 3.63) is 56.2 Å². The number of aromatic nitrogens is 2. The average Bonchev–Trinajstić information content (AvgIpc) is 3.29. The lowest BCUT2D eigenvalue weighted by atomic mass is 10.2. The van der Waals surface area contributed by atoms with Gasteiger partial charge in [0.2, 0.25) is 0 Å². The highest BCUT2D eigenvalue weighted by atomic mass is 32.2. The van der Waals surface area contributed by atoms with Crippen LogP contribution in [0.25, 0.3) is 10.2 Å². The van der Waals surface area contributed by atoms with Crippen LogP contribution in [-0.4, -0.2) is 9.55 Å². The van der Waals surface area contributed by atoms with Gasteiger partial charge in [0.15, 0.2) is 5.16 Å². The topological polar surface area (TPSA) is 58.7 Å². The lowest BCUT2D eigenvalue weighted by Gasteiger charge is -2.18. The molecule has 2 heterocycles. The molecule has 0 saturated heterocycles. The van der Waals surface area contributed by atoms with E-state index in [4.69, 9.17) is 10.2 Å². The van der Waals surface area contributed by atoms with Crippen molar-refractivity contribution in [3.8, 4) is 6.07 Å². The van der Waals surface area contributed by atoms with E-state index in [0.29, 0.717) is 11.3 Å². The smallest absolute Gasteiger partial charge is 0.263 e. The van der Waals surface area contributed by atoms with E-state index in [1.165, 1.54) is 12.8 Å². The van der Waals surface area contributed by atoms with Crippen LogP contribution in [0.2, 0.25) is 0 Å². The first-order chi connectivity index (χ1) is 13.1. The summed E-state index contributed by atoms with van der Waals surface area (Å²) in [7, 11) is 0. The van der Waals surface area contributed by atoms with E-state index in [1.54, 1.807) is 23.1 Å². The normalized spacial score (nSPS) is 14.7. The maximum absolute atomic E-state index is 13.4. The van der Waals surface area contributed by atoms with Crippen LogP contribution in [0.4, 0.5) is 0 Å². The number of hydrogen-bond acceptors (Lipinski definition) is 5. The average molecular weight is 396 g/mol. The van der Waals surface area contributed by atoms with E-state index in [2.05, 4.69) is 13.0 Å². The number of nitrogens with zero attached hydrogens (tertiary/aromatic N) is 3. The highest BCUT2D eigenvalue weighted by molar-refractivity contribution is 7.98. The highest BCUT2D eigenvalue weighted by Crippen LogP contribution is 2.35. The minimum Gasteiger partial charge on any atom is -0.284 e. The molecule has 1 fully saturated rings. The van der Waals surface area contributed by atoms with Gasteiger partial charge in [0.1, 0.15) is 4.83 Å². The molecular formula is C21H21N3OS2. The van der Waals surface area contributed by atoms with Crippen molar-refractivity contribution in [2.45, 2.75) is 56.5 Å². The van der Waals surface area contributed by atoms with Gasteiger partial charge in [-0.3, -0.25) is 9.36 Å². The molecule has 27 heavy (non-hydrogen) atoms. The number of thiophene rings is 1. The van der Waals surface area contributed by atoms with E-state index in [1.807, 2.05) is 35.8 Å². The lowest BCUT2D eigenvalue weighted by molar-refractivity contribution is 0.458. The molecule has 1 aromatic carbocycles. The zero-order valence-electron chi connectivity index (χ0n) is 15.5. The van der Waals surface area contributed by atoms with Gasteiger partial charge in [0.05, 0.1) is 17.0 Å². The van der Waals surface area contributed by atoms with Crippen LogP contribution in [0.5, 0.6) is 0 Å². The fourth-order valence-electron chi connectivity index (χ4n) is 3.75. The van der Waals surface area contributed by atoms with Crippen molar-refractivity contribution in [2.24, 2.45) is 0 Å². The monoisotopic (exact) mass is 395 g/mol. The van der Waals surface area contributed by atoms with E-state index >= 15 is 0 Å². The minimum atomic E-state index is 0.113. The molecule has 138 valence electrons. The number of fused-ring (bicyclic) bond motifs is 1. The Balaban J connectivity index is 1.77. The molecule has 0 spiro atoms. The van der Waals surface area contributed by atoms with Crippen LogP contribution in [0.1, 0.15) is 53.3 Å². The first kappa shape index (κ1) is 18.3. The van der Waals surface area contributed by atoms with Gasteiger partial charge < -0.3 is 0 Å². The van der Waals surface area contributed by atoms with Crippen LogP contribution in [0.15, 0.2) is 34.2 Å². The van der Waals surface area contributed by atoms with E-state index in [9.17, 15) is 4.79 Å². The van der Waals surface area contributed by atoms with Crippen LogP contribution >= 0.6 is 23.1 Å². The first-order valence-electron chi connectivity index (χ1n) is 9.22. The Labute approximate surface area is 166 Å². The molecule has 0 radical (unpaired) electrons. The molecule has 0 N–H and O–H groups in total. The molecular weight excluding hydrogens is 374 g/mol. The lowest BCUT2D eigenvalue weighted by Crippen LogP contribution is -2.26. The molecule has 1 saturated carbocycles. The predicted molar refractivity (Wildman–Crippen MR) is 112 cm³/mol. The standard InChI is InChI=1S/C21H21N3OS2/c1-13-14(2)27-19-18(13)20(25)24(17-8-3-4-9-17)21(23-19)26-12-16-7-5-6-15(10-16)11-22/h5-7,10,17H,3-4,8-9,12H2,1-2H3. The number of rotatable bonds is 4. The zero-order chi connectivity index (χ0) is 19.0. The second-order valence-corrected chi connectivity index (χ2v) is 9.22. The second-order valence-electron chi connectivity index (χ2n) is 7.07. The third-order valence-electron chi connectivity index (χ3n) is 5.32. The van der Waals surface area contributed by atoms with E-state index < -0.39 is 0 Å². The fourth-order valence-corrected chi connectivity index (χ4v) is 5.83. The van der Waals surface area contributed by atoms with Crippen LogP contribution in [0.3, 0.4) is 0 Å². The Morgan fingerprint density at radius 2 is 2.11 bits per heavy atom. The first-order valence-corrected chi connectivity index (χ1v) is 11.0. The summed E-state index contributed by atoms with van der Waals surface area (Å²) < 4.78 is 1.95. The van der Waals surface area contributed by atoms with Crippen molar-refractivity contribution in [2.75, 3.05) is 0 Å². The summed E-state index contributed by atoms with van der Waals surface area (Å²) in [5.74, 6) is 0.698. The SMILES string of the molecule is Cc1sc2nc(SCc3cccc(C#N)c3)n(C3CCCC3)c(=O)c2c1C. The molecule has 0 aliphatic heterocycles. The number of nitriles is 1. The molecule has 4 nitrogen and oxygen atoms in total. The molecule has 0 amide bonds. The largest absolute Gasteiger partial charge is 0.284 e. The maximum atomic E-state index is 13.4. The third-order valence-corrected chi connectivity index (χ3v) is 7.44. The fraction of sp³-hybridized carbons (Fsp3) is 0.381. The Bertz CT molecular complexity index is 1100. The van der Waals surface area contributed by atoms with Crippen molar-refractivity contribution >= 4 is 33.3 Å². The Kier molecular flexibility index (Phi) is 5.07. The van der Waals surface area contributed by atoms with Gasteiger partial charge in [-0.25, -0.2) is 4.98 Å². The number of benzene rings is 1. The second kappa shape index (κ2) is 7.49. The number of thioether (sulfide) groups is 1. The summed E-state index contributed by atoms with van der Waals surface area (Å²) in [5, 5.41) is 10.7. The molecule has 6 heteroatoms. The predicted octanol–water partition coefficient (Wildman–Crippen LogP) is 5.35. The molecule has 1 aliphatic carbocycles. The zero-order valence-corrected chi connectivity index (χ0v) is 17.1. The van der Waals surface area contributed by atoms with Gasteiger partial charge in [-0.15, -0.1) is 11.3 Å². The summed E-state index contributed by atoms with van der Waals surface area (Å²) in [4.78, 5) is 20.3. The van der Waals surface area contributed by atoms with Crippen LogP contribution in [0, 0.1) is 25.2 Å². The molecule has 0 atom stereocenters. The third kappa shape index (κ3) is 3.42. The summed E-state index contributed by atoms with van der Waals surface area (Å²) in [6.45, 7) is 4.08. The highest BCUT2D eigenvalue weighted by Gasteiger charge is 2.24. The van der Waals surface area contributed by atoms with Crippen molar-refractivity contribution in [3.63, 3.8) is 0 Å². The van der Waals surface area contributed by atoms with E-state index in [0.717, 1.165) is 44.2 Å². The molecule has 2 aromatic heterocycles. The van der Waals surface area contributed by atoms with Crippen molar-refractivity contribution < 1.29 is 0 Å². The van der Waals surface area contributed by atoms with E-state index in [-0.39, 0.29) is 11.6 Å². The molecule has 3 aromatic rings. The molecule has 1 aliphatic rings. The molecule has 4 rings (SSSR count). The molecule has 0 unspecified atom stereocenters. The van der Waals surface area contributed by atoms with Crippen molar-refractivity contribution in [1.82, 2.24) is 9.55 Å². The van der Waals surface area contributed by atoms with Gasteiger partial charge in [-0.05, 0) is 49.9 Å². The Morgan fingerprint density at radius 3 is 2.85 bits per heavy atom. The summed E-state index contributed by atoms with van der Waals surface area (Å²) in [5.41, 5.74) is 2.92. The van der Waals surface area contributed by atoms with Crippen LogP contribution < -0.4 is 5.56 Å². The minimum absolute atomic E-state index is 0.113. The van der Waals surface area contributed by atoms with Gasteiger partial charge in [-0.1, -0.05) is 36.7 Å². The maximum Gasteiger partial charge on any atom is 0.263 e. The van der Waals surface area contributed by atoms with Crippen molar-refractivity contribution in [1.29, 1.82) is 5.26 Å². The number of aryl methyl sites for hydroxylation is 2. The molecule has 0 bridgehead atoms. The van der Waals surface area contributed by atoms with Crippen LogP contribution in [-0.2, 0) is 5.75 Å². The van der Waals surface area contributed by atoms with Gasteiger partial charge >= 0.3 is 0 Å². The van der Waals surface area contributed by atoms with Gasteiger partial charge in [0, 0.05) is 16.7 Å². The summed E-state index contributed by atoms with van der Waals surface area (Å²) in [6, 6.07) is 10.1. The summed E-state index contributed by atoms with van der Waals surface area (Å²) >= 11 is 3.20.